The lowest BCUT2D eigenvalue weighted by atomic mass is 10.2. The van der Waals surface area contributed by atoms with Crippen LogP contribution in [0, 0.1) is 4.91 Å². The molecule has 3 rings (SSSR count). The summed E-state index contributed by atoms with van der Waals surface area (Å²) in [6.07, 6.45) is 0. The first kappa shape index (κ1) is 19.4. The van der Waals surface area contributed by atoms with Gasteiger partial charge in [-0.2, -0.15) is 5.10 Å². The average Bonchev–Trinajstić information content (AvgIpc) is 3.06. The highest BCUT2D eigenvalue weighted by Crippen LogP contribution is 2.17. The number of rotatable bonds is 6. The van der Waals surface area contributed by atoms with Gasteiger partial charge in [0.1, 0.15) is 0 Å². The fourth-order valence-electron chi connectivity index (χ4n) is 2.52. The molecule has 0 spiro atoms. The van der Waals surface area contributed by atoms with Gasteiger partial charge < -0.3 is 15.3 Å². The zero-order valence-corrected chi connectivity index (χ0v) is 15.0. The number of hydrazone groups is 1. The van der Waals surface area contributed by atoms with Crippen molar-refractivity contribution in [3.8, 4) is 0 Å². The third-order valence-electron chi connectivity index (χ3n) is 3.85. The van der Waals surface area contributed by atoms with Gasteiger partial charge in [-0.05, 0) is 30.3 Å². The molecule has 29 heavy (non-hydrogen) atoms. The molecular formula is C18H14N6O5. The van der Waals surface area contributed by atoms with Crippen LogP contribution in [-0.4, -0.2) is 33.3 Å². The zero-order chi connectivity index (χ0) is 21.0. The largest absolute Gasteiger partial charge is 0.323 e. The zero-order valence-electron chi connectivity index (χ0n) is 15.0. The summed E-state index contributed by atoms with van der Waals surface area (Å²) < 4.78 is 0. The number of H-pyrrole nitrogens is 2. The van der Waals surface area contributed by atoms with Crippen molar-refractivity contribution in [1.82, 2.24) is 9.97 Å². The quantitative estimate of drug-likeness (QED) is 0.215. The second-order valence-electron chi connectivity index (χ2n) is 5.86. The first-order valence-corrected chi connectivity index (χ1v) is 8.24. The normalized spacial score (nSPS) is 11.1. The molecule has 0 aliphatic rings. The molecule has 11 heteroatoms. The molecule has 0 aliphatic carbocycles. The Labute approximate surface area is 162 Å². The highest BCUT2D eigenvalue weighted by atomic mass is 16.3. The molecule has 4 N–H and O–H groups in total. The topological polar surface area (TPSA) is 166 Å². The minimum Gasteiger partial charge on any atom is -0.320 e. The van der Waals surface area contributed by atoms with Crippen molar-refractivity contribution in [2.45, 2.75) is 6.92 Å². The molecule has 0 radical (unpaired) electrons. The van der Waals surface area contributed by atoms with E-state index in [4.69, 9.17) is 0 Å². The highest BCUT2D eigenvalue weighted by Gasteiger charge is 2.18. The van der Waals surface area contributed by atoms with Gasteiger partial charge in [-0.15, -0.1) is 4.91 Å². The van der Waals surface area contributed by atoms with Gasteiger partial charge in [-0.25, -0.2) is 4.79 Å². The van der Waals surface area contributed by atoms with E-state index >= 15 is 0 Å². The molecule has 0 aliphatic heterocycles. The second kappa shape index (κ2) is 8.08. The molecule has 0 saturated carbocycles. The van der Waals surface area contributed by atoms with Gasteiger partial charge >= 0.3 is 11.6 Å². The summed E-state index contributed by atoms with van der Waals surface area (Å²) in [7, 11) is 0. The Bertz CT molecular complexity index is 1220. The number of carbonyl (C=O) groups is 3. The standard InChI is InChI=1S/C18H14N6O5/c1-9(25)15(23-22-12-5-3-2-4-11(12)16(26)24-29)17(27)19-10-6-7-13-14(8-10)21-18(28)20-13/h2-8,22H,1H3,(H,19,27)(H2,20,21,28)/b23-15+. The summed E-state index contributed by atoms with van der Waals surface area (Å²) in [6.45, 7) is 1.15. The highest BCUT2D eigenvalue weighted by molar-refractivity contribution is 6.67. The van der Waals surface area contributed by atoms with Crippen LogP contribution in [0.15, 0.2) is 57.5 Å². The van der Waals surface area contributed by atoms with Crippen molar-refractivity contribution in [3.63, 3.8) is 0 Å². The number of benzene rings is 2. The number of amides is 2. The number of nitrogens with one attached hydrogen (secondary N) is 4. The van der Waals surface area contributed by atoms with Crippen molar-refractivity contribution < 1.29 is 14.4 Å². The Morgan fingerprint density at radius 1 is 1.00 bits per heavy atom. The fraction of sp³-hybridized carbons (Fsp3) is 0.0556. The number of aromatic nitrogens is 2. The molecule has 0 saturated heterocycles. The van der Waals surface area contributed by atoms with Gasteiger partial charge in [-0.3, -0.25) is 19.8 Å². The Kier molecular flexibility index (Phi) is 5.39. The summed E-state index contributed by atoms with van der Waals surface area (Å²) >= 11 is 0. The molecule has 1 heterocycles. The lowest BCUT2D eigenvalue weighted by Crippen LogP contribution is -2.29. The van der Waals surface area contributed by atoms with Crippen molar-refractivity contribution in [3.05, 3.63) is 63.4 Å². The van der Waals surface area contributed by atoms with Crippen LogP contribution in [0.5, 0.6) is 0 Å². The summed E-state index contributed by atoms with van der Waals surface area (Å²) in [6, 6.07) is 10.5. The van der Waals surface area contributed by atoms with E-state index in [2.05, 4.69) is 31.0 Å². The molecule has 0 bridgehead atoms. The summed E-state index contributed by atoms with van der Waals surface area (Å²) in [5, 5.41) is 8.63. The number of fused-ring (bicyclic) bond motifs is 1. The molecule has 11 nitrogen and oxygen atoms in total. The van der Waals surface area contributed by atoms with E-state index in [9.17, 15) is 24.1 Å². The SMILES string of the molecule is CC(=O)/C(=N\Nc1ccccc1C(=O)N=O)C(=O)Nc1ccc2[nH]c(=O)[nH]c2c1. The number of carbonyl (C=O) groups excluding carboxylic acids is 3. The smallest absolute Gasteiger partial charge is 0.320 e. The lowest BCUT2D eigenvalue weighted by molar-refractivity contribution is -0.114. The maximum atomic E-state index is 12.5. The lowest BCUT2D eigenvalue weighted by Gasteiger charge is -2.08. The molecule has 146 valence electrons. The van der Waals surface area contributed by atoms with Crippen molar-refractivity contribution in [2.24, 2.45) is 10.3 Å². The third kappa shape index (κ3) is 4.30. The number of hydrogen-bond donors (Lipinski definition) is 4. The van der Waals surface area contributed by atoms with E-state index < -0.39 is 29.0 Å². The number of para-hydroxylation sites is 1. The van der Waals surface area contributed by atoms with Gasteiger partial charge in [0.05, 0.1) is 22.3 Å². The number of Topliss-reactive ketones (excluding diaryl/α,β-unsaturated/α-hetero) is 1. The molecule has 2 amide bonds. The van der Waals surface area contributed by atoms with Crippen molar-refractivity contribution >= 4 is 45.7 Å². The minimum atomic E-state index is -1.02. The van der Waals surface area contributed by atoms with Crippen LogP contribution >= 0.6 is 0 Å². The van der Waals surface area contributed by atoms with Gasteiger partial charge in [0.2, 0.25) is 0 Å². The van der Waals surface area contributed by atoms with Crippen LogP contribution in [0.2, 0.25) is 0 Å². The Morgan fingerprint density at radius 2 is 1.72 bits per heavy atom. The van der Waals surface area contributed by atoms with Gasteiger partial charge in [-0.1, -0.05) is 12.1 Å². The van der Waals surface area contributed by atoms with E-state index in [1.807, 2.05) is 0 Å². The van der Waals surface area contributed by atoms with Crippen LogP contribution < -0.4 is 16.4 Å². The first-order chi connectivity index (χ1) is 13.9. The minimum absolute atomic E-state index is 0.0589. The fourth-order valence-corrected chi connectivity index (χ4v) is 2.52. The summed E-state index contributed by atoms with van der Waals surface area (Å²) in [4.78, 5) is 62.8. The van der Waals surface area contributed by atoms with E-state index in [1.54, 1.807) is 18.2 Å². The Balaban J connectivity index is 1.84. The predicted octanol–water partition coefficient (Wildman–Crippen LogP) is 1.76. The number of imidazole rings is 1. The second-order valence-corrected chi connectivity index (χ2v) is 5.86. The monoisotopic (exact) mass is 394 g/mol. The van der Waals surface area contributed by atoms with Gasteiger partial charge in [0.25, 0.3) is 5.91 Å². The molecule has 0 fully saturated rings. The maximum absolute atomic E-state index is 12.5. The van der Waals surface area contributed by atoms with Crippen LogP contribution in [0.3, 0.4) is 0 Å². The van der Waals surface area contributed by atoms with Crippen molar-refractivity contribution in [2.75, 3.05) is 10.7 Å². The summed E-state index contributed by atoms with van der Waals surface area (Å²) in [5.41, 5.74) is 2.99. The molecular weight excluding hydrogens is 380 g/mol. The van der Waals surface area contributed by atoms with Gasteiger partial charge in [0, 0.05) is 17.8 Å². The van der Waals surface area contributed by atoms with Crippen LogP contribution in [0.4, 0.5) is 11.4 Å². The number of hydrogen-bond acceptors (Lipinski definition) is 7. The average molecular weight is 394 g/mol. The molecule has 3 aromatic rings. The molecule has 0 atom stereocenters. The number of anilines is 2. The van der Waals surface area contributed by atoms with E-state index in [1.165, 1.54) is 24.3 Å². The third-order valence-corrected chi connectivity index (χ3v) is 3.85. The predicted molar refractivity (Wildman–Crippen MR) is 106 cm³/mol. The van der Waals surface area contributed by atoms with E-state index in [0.29, 0.717) is 16.7 Å². The summed E-state index contributed by atoms with van der Waals surface area (Å²) in [5.74, 6) is -2.46. The first-order valence-electron chi connectivity index (χ1n) is 8.24. The Hall–Kier alpha value is -4.41. The van der Waals surface area contributed by atoms with E-state index in [-0.39, 0.29) is 11.3 Å². The molecule has 1 aromatic heterocycles. The Morgan fingerprint density at radius 3 is 2.45 bits per heavy atom. The van der Waals surface area contributed by atoms with Crippen LogP contribution in [-0.2, 0) is 9.59 Å². The molecule has 2 aromatic carbocycles. The van der Waals surface area contributed by atoms with E-state index in [0.717, 1.165) is 6.92 Å². The number of nitrogens with zero attached hydrogens (tertiary/aromatic N) is 2. The number of aromatic amines is 2. The number of nitroso groups, excluding NO2 is 1. The van der Waals surface area contributed by atoms with Gasteiger partial charge in [0.15, 0.2) is 11.5 Å². The molecule has 0 unspecified atom stereocenters. The van der Waals surface area contributed by atoms with Crippen LogP contribution in [0.25, 0.3) is 11.0 Å². The number of ketones is 1. The maximum Gasteiger partial charge on any atom is 0.323 e. The van der Waals surface area contributed by atoms with Crippen molar-refractivity contribution in [1.29, 1.82) is 0 Å². The van der Waals surface area contributed by atoms with Crippen LogP contribution in [0.1, 0.15) is 17.3 Å².